The number of ether oxygens (including phenoxy) is 1. The lowest BCUT2D eigenvalue weighted by Crippen LogP contribution is -2.50. The van der Waals surface area contributed by atoms with Gasteiger partial charge in [0.2, 0.25) is 11.8 Å². The third-order valence-corrected chi connectivity index (χ3v) is 8.80. The van der Waals surface area contributed by atoms with E-state index in [2.05, 4.69) is 15.2 Å². The van der Waals surface area contributed by atoms with Crippen molar-refractivity contribution < 1.29 is 22.7 Å². The van der Waals surface area contributed by atoms with Crippen molar-refractivity contribution in [3.05, 3.63) is 36.8 Å². The molecule has 2 aromatic rings. The van der Waals surface area contributed by atoms with Crippen molar-refractivity contribution in [3.63, 3.8) is 0 Å². The molecule has 2 aliphatic heterocycles. The fraction of sp³-hybridized carbons (Fsp3) is 0.560. The van der Waals surface area contributed by atoms with Crippen LogP contribution in [0.4, 0.5) is 5.69 Å². The number of hydrogen-bond acceptors (Lipinski definition) is 7. The zero-order valence-electron chi connectivity index (χ0n) is 21.5. The molecule has 2 amide bonds. The number of aryl methyl sites for hydroxylation is 1. The first-order valence-electron chi connectivity index (χ1n) is 12.7. The smallest absolute Gasteiger partial charge is 0.262 e. The maximum absolute atomic E-state index is 13.5. The molecule has 2 saturated heterocycles. The second kappa shape index (κ2) is 12.0. The Balaban J connectivity index is 1.40. The second-order valence-corrected chi connectivity index (χ2v) is 11.4. The highest BCUT2D eigenvalue weighted by molar-refractivity contribution is 7.89. The Morgan fingerprint density at radius 3 is 2.54 bits per heavy atom. The summed E-state index contributed by atoms with van der Waals surface area (Å²) in [5.74, 6) is 0.370. The normalized spacial score (nSPS) is 20.7. The highest BCUT2D eigenvalue weighted by Crippen LogP contribution is 2.29. The third-order valence-electron chi connectivity index (χ3n) is 7.02. The van der Waals surface area contributed by atoms with Gasteiger partial charge >= 0.3 is 0 Å². The number of aromatic nitrogens is 2. The van der Waals surface area contributed by atoms with E-state index in [9.17, 15) is 18.0 Å². The Morgan fingerprint density at radius 1 is 1.08 bits per heavy atom. The number of piperazine rings is 1. The quantitative estimate of drug-likeness (QED) is 0.612. The molecule has 2 fully saturated rings. The first-order chi connectivity index (χ1) is 17.8. The van der Waals surface area contributed by atoms with Crippen LogP contribution in [0.25, 0.3) is 0 Å². The van der Waals surface area contributed by atoms with E-state index < -0.39 is 10.0 Å². The van der Waals surface area contributed by atoms with Crippen LogP contribution >= 0.6 is 0 Å². The van der Waals surface area contributed by atoms with Crippen LogP contribution in [-0.4, -0.2) is 91.9 Å². The van der Waals surface area contributed by atoms with Crippen LogP contribution in [0.15, 0.2) is 41.8 Å². The summed E-state index contributed by atoms with van der Waals surface area (Å²) < 4.78 is 34.7. The van der Waals surface area contributed by atoms with Crippen LogP contribution in [0, 0.1) is 5.92 Å². The zero-order chi connectivity index (χ0) is 26.4. The molecule has 0 spiro atoms. The van der Waals surface area contributed by atoms with Gasteiger partial charge in [0.1, 0.15) is 5.75 Å². The molecular weight excluding hydrogens is 496 g/mol. The largest absolute Gasteiger partial charge is 0.495 e. The topological polar surface area (TPSA) is 117 Å². The maximum atomic E-state index is 13.5. The van der Waals surface area contributed by atoms with Crippen molar-refractivity contribution in [1.29, 1.82) is 0 Å². The van der Waals surface area contributed by atoms with Crippen molar-refractivity contribution in [2.24, 2.45) is 13.0 Å². The van der Waals surface area contributed by atoms with Gasteiger partial charge in [-0.15, -0.1) is 0 Å². The van der Waals surface area contributed by atoms with Crippen LogP contribution in [0.1, 0.15) is 25.7 Å². The van der Waals surface area contributed by atoms with Crippen molar-refractivity contribution in [2.75, 3.05) is 57.8 Å². The first kappa shape index (κ1) is 26.9. The molecule has 1 N–H and O–H groups in total. The van der Waals surface area contributed by atoms with Gasteiger partial charge in [-0.2, -0.15) is 4.31 Å². The van der Waals surface area contributed by atoms with Gasteiger partial charge in [-0.25, -0.2) is 13.4 Å². The molecule has 0 saturated carbocycles. The number of para-hydroxylation sites is 2. The van der Waals surface area contributed by atoms with Crippen molar-refractivity contribution in [3.8, 4) is 5.75 Å². The summed E-state index contributed by atoms with van der Waals surface area (Å²) in [4.78, 5) is 34.0. The van der Waals surface area contributed by atoms with E-state index in [1.807, 2.05) is 29.2 Å². The third kappa shape index (κ3) is 6.42. The van der Waals surface area contributed by atoms with Crippen molar-refractivity contribution >= 4 is 27.5 Å². The molecule has 1 aromatic heterocycles. The molecule has 0 bridgehead atoms. The molecule has 11 nitrogen and oxygen atoms in total. The number of benzene rings is 1. The van der Waals surface area contributed by atoms with E-state index in [1.54, 1.807) is 18.7 Å². The average Bonchev–Trinajstić information content (AvgIpc) is 3.34. The predicted molar refractivity (Wildman–Crippen MR) is 139 cm³/mol. The number of nitrogens with zero attached hydrogens (tertiary/aromatic N) is 5. The number of hydrogen-bond donors (Lipinski definition) is 1. The SMILES string of the molecule is COc1ccccc1N1CCN(C(=O)C2CCCN(S(=O)(=O)c3cn(C)cn3)CCC(=O)NCC2)CC1. The van der Waals surface area contributed by atoms with E-state index in [0.717, 1.165) is 11.4 Å². The van der Waals surface area contributed by atoms with Gasteiger partial charge in [0.25, 0.3) is 10.0 Å². The number of amides is 2. The van der Waals surface area contributed by atoms with Gasteiger partial charge < -0.3 is 24.4 Å². The number of anilines is 1. The predicted octanol–water partition coefficient (Wildman–Crippen LogP) is 1.07. The van der Waals surface area contributed by atoms with Crippen LogP contribution in [-0.2, 0) is 26.7 Å². The fourth-order valence-electron chi connectivity index (χ4n) is 4.93. The summed E-state index contributed by atoms with van der Waals surface area (Å²) in [6.45, 7) is 3.30. The number of carbonyl (C=O) groups excluding carboxylic acids is 2. The first-order valence-corrected chi connectivity index (χ1v) is 14.1. The number of methoxy groups -OCH3 is 1. The zero-order valence-corrected chi connectivity index (χ0v) is 22.3. The van der Waals surface area contributed by atoms with E-state index in [-0.39, 0.29) is 42.3 Å². The standard InChI is InChI=1S/C25H36N6O5S/c1-28-18-24(27-19-28)37(34,35)31-12-5-6-20(9-11-26-23(32)10-13-31)25(33)30-16-14-29(15-17-30)21-7-3-4-8-22(21)36-2/h3-4,7-8,18-20H,5-6,9-17H2,1-2H3,(H,26,32). The molecule has 0 aliphatic carbocycles. The molecule has 3 heterocycles. The summed E-state index contributed by atoms with van der Waals surface area (Å²) in [6.07, 6.45) is 4.57. The molecule has 0 radical (unpaired) electrons. The van der Waals surface area contributed by atoms with Crippen LogP contribution < -0.4 is 15.0 Å². The van der Waals surface area contributed by atoms with Crippen LogP contribution in [0.3, 0.4) is 0 Å². The van der Waals surface area contributed by atoms with Gasteiger partial charge in [0.05, 0.1) is 19.1 Å². The summed E-state index contributed by atoms with van der Waals surface area (Å²) in [7, 11) is -0.469. The molecule has 37 heavy (non-hydrogen) atoms. The minimum Gasteiger partial charge on any atom is -0.495 e. The van der Waals surface area contributed by atoms with E-state index >= 15 is 0 Å². The van der Waals surface area contributed by atoms with Gasteiger partial charge in [-0.05, 0) is 31.4 Å². The molecule has 1 aromatic carbocycles. The van der Waals surface area contributed by atoms with E-state index in [4.69, 9.17) is 4.74 Å². The molecule has 1 atom stereocenters. The molecule has 1 unspecified atom stereocenters. The lowest BCUT2D eigenvalue weighted by molar-refractivity contribution is -0.136. The number of rotatable bonds is 5. The lowest BCUT2D eigenvalue weighted by atomic mass is 9.97. The van der Waals surface area contributed by atoms with Crippen molar-refractivity contribution in [2.45, 2.75) is 30.7 Å². The molecule has 12 heteroatoms. The highest BCUT2D eigenvalue weighted by atomic mass is 32.2. The monoisotopic (exact) mass is 532 g/mol. The van der Waals surface area contributed by atoms with Gasteiger partial charge in [-0.3, -0.25) is 9.59 Å². The Bertz CT molecular complexity index is 1190. The number of nitrogens with one attached hydrogen (secondary N) is 1. The maximum Gasteiger partial charge on any atom is 0.262 e. The summed E-state index contributed by atoms with van der Waals surface area (Å²) in [5.41, 5.74) is 1.02. The molecule has 202 valence electrons. The number of imidazole rings is 1. The Morgan fingerprint density at radius 2 is 1.84 bits per heavy atom. The minimum absolute atomic E-state index is 0.0363. The second-order valence-electron chi connectivity index (χ2n) is 9.49. The van der Waals surface area contributed by atoms with Gasteiger partial charge in [0, 0.05) is 71.4 Å². The highest BCUT2D eigenvalue weighted by Gasteiger charge is 2.31. The number of carbonyl (C=O) groups is 2. The summed E-state index contributed by atoms with van der Waals surface area (Å²) in [5, 5.41) is 2.82. The summed E-state index contributed by atoms with van der Waals surface area (Å²) >= 11 is 0. The summed E-state index contributed by atoms with van der Waals surface area (Å²) in [6, 6.07) is 7.87. The Labute approximate surface area is 218 Å². The lowest BCUT2D eigenvalue weighted by Gasteiger charge is -2.38. The minimum atomic E-state index is -3.83. The van der Waals surface area contributed by atoms with E-state index in [0.29, 0.717) is 52.0 Å². The van der Waals surface area contributed by atoms with E-state index in [1.165, 1.54) is 16.8 Å². The van der Waals surface area contributed by atoms with Gasteiger partial charge in [-0.1, -0.05) is 12.1 Å². The average molecular weight is 533 g/mol. The van der Waals surface area contributed by atoms with Crippen molar-refractivity contribution in [1.82, 2.24) is 24.1 Å². The molecule has 2 aliphatic rings. The Hall–Kier alpha value is -3.12. The Kier molecular flexibility index (Phi) is 8.70. The number of sulfonamides is 1. The fourth-order valence-corrected chi connectivity index (χ4v) is 6.37. The van der Waals surface area contributed by atoms with Crippen LogP contribution in [0.5, 0.6) is 5.75 Å². The molecular formula is C25H36N6O5S. The molecule has 4 rings (SSSR count). The van der Waals surface area contributed by atoms with Crippen LogP contribution in [0.2, 0.25) is 0 Å². The van der Waals surface area contributed by atoms with Gasteiger partial charge in [0.15, 0.2) is 5.03 Å².